The van der Waals surface area contributed by atoms with E-state index in [9.17, 15) is 9.59 Å². The molecule has 4 rings (SSSR count). The summed E-state index contributed by atoms with van der Waals surface area (Å²) in [5.74, 6) is 2.19. The van der Waals surface area contributed by atoms with Gasteiger partial charge in [0.05, 0.1) is 12.0 Å². The number of rotatable bonds is 8. The van der Waals surface area contributed by atoms with Crippen molar-refractivity contribution in [1.82, 2.24) is 0 Å². The zero-order chi connectivity index (χ0) is 21.9. The summed E-state index contributed by atoms with van der Waals surface area (Å²) in [6.45, 7) is 14.3. The van der Waals surface area contributed by atoms with E-state index in [0.29, 0.717) is 12.8 Å². The molecule has 0 aromatic rings. The monoisotopic (exact) mass is 408 g/mol. The van der Waals surface area contributed by atoms with Crippen LogP contribution in [0.2, 0.25) is 0 Å². The smallest absolute Gasteiger partial charge is 0.311 e. The first-order valence-electron chi connectivity index (χ1n) is 12.0. The molecule has 4 fully saturated rings. The topological polar surface area (TPSA) is 52.6 Å². The van der Waals surface area contributed by atoms with Gasteiger partial charge in [-0.25, -0.2) is 0 Å². The van der Waals surface area contributed by atoms with Crippen LogP contribution < -0.4 is 0 Å². The van der Waals surface area contributed by atoms with Crippen LogP contribution in [0, 0.1) is 28.6 Å². The molecule has 0 N–H and O–H groups in total. The van der Waals surface area contributed by atoms with Crippen molar-refractivity contribution in [2.24, 2.45) is 28.6 Å². The summed E-state index contributed by atoms with van der Waals surface area (Å²) in [5, 5.41) is 0. The van der Waals surface area contributed by atoms with Crippen LogP contribution >= 0.6 is 0 Å². The van der Waals surface area contributed by atoms with Crippen molar-refractivity contribution in [1.29, 1.82) is 0 Å². The molecule has 4 heteroatoms. The molecule has 0 unspecified atom stereocenters. The Kier molecular flexibility index (Phi) is 7.84. The Balaban J connectivity index is 0.00000145. The van der Waals surface area contributed by atoms with Gasteiger partial charge in [0.2, 0.25) is 0 Å². The van der Waals surface area contributed by atoms with Crippen LogP contribution in [0.3, 0.4) is 0 Å². The Morgan fingerprint density at radius 3 is 1.86 bits per heavy atom. The van der Waals surface area contributed by atoms with Crippen LogP contribution in [0.1, 0.15) is 106 Å². The molecule has 0 atom stereocenters. The molecule has 0 spiro atoms. The Morgan fingerprint density at radius 2 is 1.41 bits per heavy atom. The van der Waals surface area contributed by atoms with Crippen LogP contribution in [0.5, 0.6) is 0 Å². The van der Waals surface area contributed by atoms with Crippen LogP contribution in [0.15, 0.2) is 0 Å². The van der Waals surface area contributed by atoms with Gasteiger partial charge in [0.1, 0.15) is 5.60 Å². The van der Waals surface area contributed by atoms with Crippen LogP contribution in [0.25, 0.3) is 0 Å². The largest absolute Gasteiger partial charge is 0.465 e. The summed E-state index contributed by atoms with van der Waals surface area (Å²) in [6, 6.07) is 0. The summed E-state index contributed by atoms with van der Waals surface area (Å²) in [6.07, 6.45) is 9.44. The molecule has 0 heterocycles. The zero-order valence-corrected chi connectivity index (χ0v) is 19.9. The maximum atomic E-state index is 12.5. The third kappa shape index (κ3) is 5.35. The van der Waals surface area contributed by atoms with Gasteiger partial charge in [-0.05, 0) is 96.8 Å². The summed E-state index contributed by atoms with van der Waals surface area (Å²) in [5.41, 5.74) is -0.684. The number of carbonyl (C=O) groups is 2. The van der Waals surface area contributed by atoms with Crippen LogP contribution in [-0.2, 0) is 19.1 Å². The number of ether oxygens (including phenoxy) is 2. The summed E-state index contributed by atoms with van der Waals surface area (Å²) in [4.78, 5) is 24.5. The molecule has 0 aromatic heterocycles. The van der Waals surface area contributed by atoms with E-state index in [1.807, 2.05) is 34.6 Å². The lowest BCUT2D eigenvalue weighted by atomic mass is 9.46. The lowest BCUT2D eigenvalue weighted by Gasteiger charge is -2.61. The van der Waals surface area contributed by atoms with E-state index < -0.39 is 11.0 Å². The highest BCUT2D eigenvalue weighted by atomic mass is 16.6. The second-order valence-corrected chi connectivity index (χ2v) is 10.7. The van der Waals surface area contributed by atoms with E-state index in [-0.39, 0.29) is 24.0 Å². The van der Waals surface area contributed by atoms with Crippen molar-refractivity contribution in [2.75, 3.05) is 6.61 Å². The fraction of sp³-hybridized carbons (Fsp3) is 0.920. The lowest BCUT2D eigenvalue weighted by molar-refractivity contribution is -0.199. The van der Waals surface area contributed by atoms with E-state index in [4.69, 9.17) is 9.47 Å². The van der Waals surface area contributed by atoms with Gasteiger partial charge in [-0.3, -0.25) is 9.59 Å². The molecule has 4 saturated carbocycles. The van der Waals surface area contributed by atoms with Crippen molar-refractivity contribution < 1.29 is 19.1 Å². The standard InChI is InChI=1S/C23H38O4.C2H6/c1-6-21(2,3)20(25)26-9-7-8-19(24)27-22(4,5)23-13-16-10-17(14-23)12-18(11-16)15-23;1-2/h16-18H,6-15H2,1-5H3;1-2H3. The molecule has 0 radical (unpaired) electrons. The molecule has 168 valence electrons. The molecular formula is C25H44O4. The molecule has 29 heavy (non-hydrogen) atoms. The second kappa shape index (κ2) is 9.39. The normalized spacial score (nSPS) is 30.4. The van der Waals surface area contributed by atoms with Gasteiger partial charge in [-0.15, -0.1) is 0 Å². The van der Waals surface area contributed by atoms with Gasteiger partial charge >= 0.3 is 11.9 Å². The van der Waals surface area contributed by atoms with Crippen molar-refractivity contribution in [3.63, 3.8) is 0 Å². The average molecular weight is 409 g/mol. The van der Waals surface area contributed by atoms with Crippen molar-refractivity contribution in [3.05, 3.63) is 0 Å². The second-order valence-electron chi connectivity index (χ2n) is 10.7. The molecule has 4 aliphatic rings. The van der Waals surface area contributed by atoms with Gasteiger partial charge in [0, 0.05) is 11.8 Å². The van der Waals surface area contributed by atoms with Crippen LogP contribution in [0.4, 0.5) is 0 Å². The zero-order valence-electron chi connectivity index (χ0n) is 19.9. The predicted molar refractivity (Wildman–Crippen MR) is 116 cm³/mol. The molecule has 4 aliphatic carbocycles. The van der Waals surface area contributed by atoms with E-state index in [0.717, 1.165) is 24.2 Å². The molecular weight excluding hydrogens is 364 g/mol. The number of esters is 2. The van der Waals surface area contributed by atoms with Crippen molar-refractivity contribution in [3.8, 4) is 0 Å². The minimum atomic E-state index is -0.457. The summed E-state index contributed by atoms with van der Waals surface area (Å²) >= 11 is 0. The Bertz CT molecular complexity index is 540. The first-order chi connectivity index (χ1) is 13.6. The Morgan fingerprint density at radius 1 is 0.931 bits per heavy atom. The van der Waals surface area contributed by atoms with Gasteiger partial charge in [-0.2, -0.15) is 0 Å². The van der Waals surface area contributed by atoms with Crippen molar-refractivity contribution >= 4 is 11.9 Å². The van der Waals surface area contributed by atoms with Crippen molar-refractivity contribution in [2.45, 2.75) is 112 Å². The quantitative estimate of drug-likeness (QED) is 0.349. The molecule has 0 aromatic carbocycles. The van der Waals surface area contributed by atoms with Gasteiger partial charge in [-0.1, -0.05) is 20.8 Å². The highest BCUT2D eigenvalue weighted by Gasteiger charge is 2.58. The highest BCUT2D eigenvalue weighted by Crippen LogP contribution is 2.64. The third-order valence-electron chi connectivity index (χ3n) is 7.88. The summed E-state index contributed by atoms with van der Waals surface area (Å²) < 4.78 is 11.4. The maximum Gasteiger partial charge on any atom is 0.311 e. The van der Waals surface area contributed by atoms with E-state index in [2.05, 4.69) is 13.8 Å². The van der Waals surface area contributed by atoms with Gasteiger partial charge in [0.25, 0.3) is 0 Å². The predicted octanol–water partition coefficient (Wildman–Crippen LogP) is 6.31. The number of hydrogen-bond acceptors (Lipinski definition) is 4. The number of carbonyl (C=O) groups excluding carboxylic acids is 2. The first kappa shape index (κ1) is 24.2. The maximum absolute atomic E-state index is 12.5. The molecule has 4 nitrogen and oxygen atoms in total. The van der Waals surface area contributed by atoms with Crippen LogP contribution in [-0.4, -0.2) is 24.1 Å². The fourth-order valence-corrected chi connectivity index (χ4v) is 6.01. The average Bonchev–Trinajstić information content (AvgIpc) is 2.65. The SMILES string of the molecule is CC.CCC(C)(C)C(=O)OCCCC(=O)OC(C)(C)C12CC3CC(CC(C3)C1)C2. The molecule has 4 bridgehead atoms. The highest BCUT2D eigenvalue weighted by molar-refractivity contribution is 5.75. The van der Waals surface area contributed by atoms with E-state index >= 15 is 0 Å². The molecule has 0 aliphatic heterocycles. The Labute approximate surface area is 178 Å². The molecule has 0 saturated heterocycles. The summed E-state index contributed by atoms with van der Waals surface area (Å²) in [7, 11) is 0. The minimum absolute atomic E-state index is 0.151. The fourth-order valence-electron chi connectivity index (χ4n) is 6.01. The number of hydrogen-bond donors (Lipinski definition) is 0. The first-order valence-corrected chi connectivity index (χ1v) is 12.0. The molecule has 0 amide bonds. The van der Waals surface area contributed by atoms with E-state index in [1.54, 1.807) is 0 Å². The van der Waals surface area contributed by atoms with E-state index in [1.165, 1.54) is 38.5 Å². The Hall–Kier alpha value is -1.06. The van der Waals surface area contributed by atoms with Gasteiger partial charge in [0.15, 0.2) is 0 Å². The minimum Gasteiger partial charge on any atom is -0.465 e. The van der Waals surface area contributed by atoms with Gasteiger partial charge < -0.3 is 9.47 Å². The third-order valence-corrected chi connectivity index (χ3v) is 7.88. The lowest BCUT2D eigenvalue weighted by Crippen LogP contribution is -2.57.